The first-order chi connectivity index (χ1) is 6.66. The maximum atomic E-state index is 11.3. The number of unbranched alkanes of at least 4 members (excludes halogenated alkanes) is 3. The van der Waals surface area contributed by atoms with Crippen LogP contribution in [0.25, 0.3) is 0 Å². The number of rotatable bonds is 5. The summed E-state index contributed by atoms with van der Waals surface area (Å²) in [6, 6.07) is 0. The van der Waals surface area contributed by atoms with Crippen LogP contribution in [-0.2, 0) is 9.53 Å². The third-order valence-electron chi connectivity index (χ3n) is 2.87. The molecule has 0 radical (unpaired) electrons. The quantitative estimate of drug-likeness (QED) is 0.544. The van der Waals surface area contributed by atoms with Crippen molar-refractivity contribution in [2.75, 3.05) is 0 Å². The number of cyclic esters (lactones) is 1. The summed E-state index contributed by atoms with van der Waals surface area (Å²) in [6.07, 6.45) is 4.40. The van der Waals surface area contributed by atoms with Crippen LogP contribution in [0.15, 0.2) is 0 Å². The Hall–Kier alpha value is -0.570. The van der Waals surface area contributed by atoms with E-state index in [1.165, 1.54) is 12.8 Å². The van der Waals surface area contributed by atoms with Gasteiger partial charge in [-0.15, -0.1) is 0 Å². The highest BCUT2D eigenvalue weighted by molar-refractivity contribution is 5.75. The monoisotopic (exact) mass is 200 g/mol. The fraction of sp³-hybridized carbons (Fsp3) is 0.909. The van der Waals surface area contributed by atoms with Crippen molar-refractivity contribution in [2.24, 2.45) is 5.92 Å². The van der Waals surface area contributed by atoms with E-state index in [1.54, 1.807) is 6.92 Å². The Balaban J connectivity index is 2.26. The van der Waals surface area contributed by atoms with Gasteiger partial charge < -0.3 is 9.84 Å². The lowest BCUT2D eigenvalue weighted by Crippen LogP contribution is -2.24. The molecule has 1 aliphatic heterocycles. The van der Waals surface area contributed by atoms with E-state index in [4.69, 9.17) is 4.74 Å². The first-order valence-electron chi connectivity index (χ1n) is 5.55. The van der Waals surface area contributed by atoms with Gasteiger partial charge >= 0.3 is 5.97 Å². The van der Waals surface area contributed by atoms with Crippen LogP contribution in [0.4, 0.5) is 0 Å². The maximum Gasteiger partial charge on any atom is 0.312 e. The van der Waals surface area contributed by atoms with Crippen molar-refractivity contribution in [3.05, 3.63) is 0 Å². The average molecular weight is 200 g/mol. The average Bonchev–Trinajstić information content (AvgIpc) is 2.38. The van der Waals surface area contributed by atoms with Gasteiger partial charge in [-0.2, -0.15) is 0 Å². The predicted molar refractivity (Wildman–Crippen MR) is 53.8 cm³/mol. The van der Waals surface area contributed by atoms with Gasteiger partial charge in [0.1, 0.15) is 12.2 Å². The van der Waals surface area contributed by atoms with E-state index in [1.807, 2.05) is 0 Å². The molecule has 3 heteroatoms. The van der Waals surface area contributed by atoms with E-state index >= 15 is 0 Å². The third-order valence-corrected chi connectivity index (χ3v) is 2.87. The van der Waals surface area contributed by atoms with Crippen LogP contribution in [-0.4, -0.2) is 23.3 Å². The van der Waals surface area contributed by atoms with Crippen LogP contribution in [0.3, 0.4) is 0 Å². The standard InChI is InChI=1S/C11H20O3/c1-3-4-5-6-7-9-10(12)8(2)14-11(9)13/h8-10,12H,3-7H2,1-2H3/t8-,9+,10-/m0/s1. The van der Waals surface area contributed by atoms with Crippen LogP contribution in [0.1, 0.15) is 46.0 Å². The van der Waals surface area contributed by atoms with E-state index in [2.05, 4.69) is 6.92 Å². The second-order valence-corrected chi connectivity index (χ2v) is 4.09. The first-order valence-corrected chi connectivity index (χ1v) is 5.55. The molecule has 1 aliphatic rings. The third kappa shape index (κ3) is 2.71. The fourth-order valence-corrected chi connectivity index (χ4v) is 1.89. The number of aliphatic hydroxyl groups is 1. The predicted octanol–water partition coefficient (Wildman–Crippen LogP) is 1.88. The minimum absolute atomic E-state index is 0.221. The van der Waals surface area contributed by atoms with Crippen LogP contribution in [0.2, 0.25) is 0 Å². The topological polar surface area (TPSA) is 46.5 Å². The van der Waals surface area contributed by atoms with Gasteiger partial charge in [-0.25, -0.2) is 0 Å². The van der Waals surface area contributed by atoms with Crippen molar-refractivity contribution in [2.45, 2.75) is 58.2 Å². The molecule has 0 bridgehead atoms. The Morgan fingerprint density at radius 3 is 2.57 bits per heavy atom. The number of aliphatic hydroxyl groups excluding tert-OH is 1. The normalized spacial score (nSPS) is 31.9. The molecule has 1 rings (SSSR count). The lowest BCUT2D eigenvalue weighted by molar-refractivity contribution is -0.143. The van der Waals surface area contributed by atoms with Crippen LogP contribution >= 0.6 is 0 Å². The van der Waals surface area contributed by atoms with Crippen molar-refractivity contribution < 1.29 is 14.6 Å². The summed E-state index contributed by atoms with van der Waals surface area (Å²) >= 11 is 0. The summed E-state index contributed by atoms with van der Waals surface area (Å²) in [6.45, 7) is 3.90. The molecule has 14 heavy (non-hydrogen) atoms. The zero-order valence-corrected chi connectivity index (χ0v) is 9.03. The summed E-state index contributed by atoms with van der Waals surface area (Å²) in [4.78, 5) is 11.3. The van der Waals surface area contributed by atoms with Gasteiger partial charge in [-0.05, 0) is 13.3 Å². The minimum atomic E-state index is -0.593. The first kappa shape index (κ1) is 11.5. The lowest BCUT2D eigenvalue weighted by atomic mass is 9.95. The van der Waals surface area contributed by atoms with Crippen LogP contribution in [0, 0.1) is 5.92 Å². The van der Waals surface area contributed by atoms with Gasteiger partial charge in [0.05, 0.1) is 5.92 Å². The molecule has 1 saturated heterocycles. The van der Waals surface area contributed by atoms with Crippen molar-refractivity contribution in [3.8, 4) is 0 Å². The summed E-state index contributed by atoms with van der Waals surface area (Å²) in [5, 5.41) is 9.64. The Labute approximate surface area is 85.5 Å². The highest BCUT2D eigenvalue weighted by atomic mass is 16.6. The van der Waals surface area contributed by atoms with Crippen molar-refractivity contribution >= 4 is 5.97 Å². The zero-order valence-electron chi connectivity index (χ0n) is 9.03. The summed E-state index contributed by atoms with van der Waals surface area (Å²) in [5.74, 6) is -0.497. The molecule has 0 aromatic carbocycles. The van der Waals surface area contributed by atoms with E-state index in [-0.39, 0.29) is 18.0 Å². The molecule has 0 amide bonds. The van der Waals surface area contributed by atoms with Gasteiger partial charge in [0.2, 0.25) is 0 Å². The summed E-state index contributed by atoms with van der Waals surface area (Å²) in [7, 11) is 0. The largest absolute Gasteiger partial charge is 0.460 e. The van der Waals surface area contributed by atoms with Gasteiger partial charge in [0, 0.05) is 0 Å². The highest BCUT2D eigenvalue weighted by Gasteiger charge is 2.40. The van der Waals surface area contributed by atoms with Crippen molar-refractivity contribution in [3.63, 3.8) is 0 Å². The molecule has 0 spiro atoms. The molecule has 0 saturated carbocycles. The van der Waals surface area contributed by atoms with Gasteiger partial charge in [-0.3, -0.25) is 4.79 Å². The number of carbonyl (C=O) groups is 1. The van der Waals surface area contributed by atoms with E-state index in [9.17, 15) is 9.90 Å². The number of ether oxygens (including phenoxy) is 1. The SMILES string of the molecule is CCCCCC[C@H]1C(=O)O[C@@H](C)[C@@H]1O. The molecule has 1 N–H and O–H groups in total. The number of hydrogen-bond donors (Lipinski definition) is 1. The Kier molecular flexibility index (Phi) is 4.39. The van der Waals surface area contributed by atoms with Crippen molar-refractivity contribution in [1.82, 2.24) is 0 Å². The second-order valence-electron chi connectivity index (χ2n) is 4.09. The van der Waals surface area contributed by atoms with E-state index in [0.717, 1.165) is 19.3 Å². The molecule has 3 atom stereocenters. The smallest absolute Gasteiger partial charge is 0.312 e. The minimum Gasteiger partial charge on any atom is -0.460 e. The van der Waals surface area contributed by atoms with Crippen molar-refractivity contribution in [1.29, 1.82) is 0 Å². The molecule has 1 heterocycles. The van der Waals surface area contributed by atoms with Gasteiger partial charge in [0.15, 0.2) is 0 Å². The molecule has 0 aromatic heterocycles. The number of esters is 1. The lowest BCUT2D eigenvalue weighted by Gasteiger charge is -2.11. The van der Waals surface area contributed by atoms with Gasteiger partial charge in [-0.1, -0.05) is 32.6 Å². The molecule has 1 fully saturated rings. The molecule has 3 nitrogen and oxygen atoms in total. The van der Waals surface area contributed by atoms with Crippen LogP contribution < -0.4 is 0 Å². The Bertz CT molecular complexity index is 191. The maximum absolute atomic E-state index is 11.3. The molecule has 0 aliphatic carbocycles. The Morgan fingerprint density at radius 1 is 1.36 bits per heavy atom. The van der Waals surface area contributed by atoms with Crippen LogP contribution in [0.5, 0.6) is 0 Å². The molecular formula is C11H20O3. The summed E-state index contributed by atoms with van der Waals surface area (Å²) in [5.41, 5.74) is 0. The molecular weight excluding hydrogens is 180 g/mol. The van der Waals surface area contributed by atoms with E-state index in [0.29, 0.717) is 0 Å². The number of carbonyl (C=O) groups excluding carboxylic acids is 1. The Morgan fingerprint density at radius 2 is 2.07 bits per heavy atom. The zero-order chi connectivity index (χ0) is 10.6. The molecule has 0 aromatic rings. The molecule has 82 valence electrons. The van der Waals surface area contributed by atoms with Gasteiger partial charge in [0.25, 0.3) is 0 Å². The highest BCUT2D eigenvalue weighted by Crippen LogP contribution is 2.26. The summed E-state index contributed by atoms with van der Waals surface area (Å²) < 4.78 is 4.95. The molecule has 0 unspecified atom stereocenters. The van der Waals surface area contributed by atoms with E-state index < -0.39 is 6.10 Å². The number of hydrogen-bond acceptors (Lipinski definition) is 3. The fourth-order valence-electron chi connectivity index (χ4n) is 1.89. The second kappa shape index (κ2) is 5.35.